The fourth-order valence-corrected chi connectivity index (χ4v) is 4.43. The molecule has 0 atom stereocenters. The molecular weight excluding hydrogens is 394 g/mol. The molecule has 0 aliphatic heterocycles. The molecule has 2 heterocycles. The van der Waals surface area contributed by atoms with Crippen LogP contribution in [0.1, 0.15) is 17.8 Å². The number of H-pyrrole nitrogens is 1. The van der Waals surface area contributed by atoms with Crippen LogP contribution >= 0.6 is 23.1 Å². The third-order valence-corrected chi connectivity index (χ3v) is 5.99. The molecule has 0 saturated carbocycles. The number of methoxy groups -OCH3 is 1. The molecule has 0 aliphatic rings. The molecule has 3 rings (SSSR count). The van der Waals surface area contributed by atoms with Crippen molar-refractivity contribution in [2.75, 3.05) is 26.0 Å². The quantitative estimate of drug-likeness (QED) is 0.522. The lowest BCUT2D eigenvalue weighted by molar-refractivity contribution is -0.118. The first kappa shape index (κ1) is 20.6. The third kappa shape index (κ3) is 5.21. The van der Waals surface area contributed by atoms with E-state index in [1.165, 1.54) is 28.7 Å². The summed E-state index contributed by atoms with van der Waals surface area (Å²) in [6.07, 6.45) is 0.792. The number of thiophene rings is 1. The van der Waals surface area contributed by atoms with Gasteiger partial charge in [0, 0.05) is 31.2 Å². The molecule has 0 bridgehead atoms. The highest BCUT2D eigenvalue weighted by atomic mass is 32.2. The molecule has 0 fully saturated rings. The number of thioether (sulfide) groups is 1. The van der Waals surface area contributed by atoms with Crippen LogP contribution in [0, 0.1) is 6.92 Å². The molecular formula is C20H23N3O3S2. The summed E-state index contributed by atoms with van der Waals surface area (Å²) < 4.78 is 4.95. The van der Waals surface area contributed by atoms with Gasteiger partial charge in [0.1, 0.15) is 10.7 Å². The lowest BCUT2D eigenvalue weighted by Crippen LogP contribution is -2.27. The summed E-state index contributed by atoms with van der Waals surface area (Å²) in [7, 11) is 1.64. The smallest absolute Gasteiger partial charge is 0.260 e. The Kier molecular flexibility index (Phi) is 7.24. The number of aromatic nitrogens is 2. The molecule has 2 aromatic heterocycles. The molecule has 1 amide bonds. The summed E-state index contributed by atoms with van der Waals surface area (Å²) in [5, 5.41) is 5.44. The number of carbonyl (C=O) groups excluding carboxylic acids is 1. The molecule has 0 spiro atoms. The molecule has 1 aromatic carbocycles. The second-order valence-corrected chi connectivity index (χ2v) is 8.24. The standard InChI is InChI=1S/C20H23N3O3S2/c1-13-4-6-14(7-5-13)15-10-28-20-18(15)19(25)22-16(23-20)11-27-12-17(24)21-8-3-9-26-2/h4-7,10H,3,8-9,11-12H2,1-2H3,(H,21,24)(H,22,23,25). The highest BCUT2D eigenvalue weighted by Gasteiger charge is 2.13. The van der Waals surface area contributed by atoms with Gasteiger partial charge in [0.15, 0.2) is 0 Å². The summed E-state index contributed by atoms with van der Waals surface area (Å²) in [6.45, 7) is 3.27. The van der Waals surface area contributed by atoms with Crippen molar-refractivity contribution in [3.8, 4) is 11.1 Å². The minimum atomic E-state index is -0.138. The first-order chi connectivity index (χ1) is 13.6. The normalized spacial score (nSPS) is 11.1. The van der Waals surface area contributed by atoms with E-state index < -0.39 is 0 Å². The van der Waals surface area contributed by atoms with Gasteiger partial charge in [0.05, 0.1) is 16.9 Å². The fraction of sp³-hybridized carbons (Fsp3) is 0.350. The monoisotopic (exact) mass is 417 g/mol. The average Bonchev–Trinajstić information content (AvgIpc) is 3.10. The zero-order valence-electron chi connectivity index (χ0n) is 15.9. The van der Waals surface area contributed by atoms with Crippen LogP contribution in [0.5, 0.6) is 0 Å². The molecule has 2 N–H and O–H groups in total. The van der Waals surface area contributed by atoms with Crippen molar-refractivity contribution >= 4 is 39.2 Å². The second kappa shape index (κ2) is 9.86. The van der Waals surface area contributed by atoms with Crippen LogP contribution in [0.2, 0.25) is 0 Å². The van der Waals surface area contributed by atoms with Gasteiger partial charge in [-0.05, 0) is 18.9 Å². The summed E-state index contributed by atoms with van der Waals surface area (Å²) in [6, 6.07) is 8.11. The predicted molar refractivity (Wildman–Crippen MR) is 116 cm³/mol. The van der Waals surface area contributed by atoms with Gasteiger partial charge in [-0.15, -0.1) is 23.1 Å². The maximum absolute atomic E-state index is 12.6. The Morgan fingerprint density at radius 2 is 2.11 bits per heavy atom. The van der Waals surface area contributed by atoms with Crippen LogP contribution in [0.15, 0.2) is 34.4 Å². The van der Waals surface area contributed by atoms with Crippen LogP contribution in [-0.4, -0.2) is 41.9 Å². The first-order valence-corrected chi connectivity index (χ1v) is 11.0. The van der Waals surface area contributed by atoms with Crippen LogP contribution in [0.4, 0.5) is 0 Å². The van der Waals surface area contributed by atoms with Crippen molar-refractivity contribution in [1.29, 1.82) is 0 Å². The third-order valence-electron chi connectivity index (χ3n) is 4.17. The van der Waals surface area contributed by atoms with E-state index >= 15 is 0 Å². The highest BCUT2D eigenvalue weighted by Crippen LogP contribution is 2.31. The largest absolute Gasteiger partial charge is 0.385 e. The zero-order chi connectivity index (χ0) is 19.9. The van der Waals surface area contributed by atoms with Crippen molar-refractivity contribution in [3.05, 3.63) is 51.4 Å². The number of amides is 1. The molecule has 6 nitrogen and oxygen atoms in total. The predicted octanol–water partition coefficient (Wildman–Crippen LogP) is 3.35. The van der Waals surface area contributed by atoms with E-state index in [9.17, 15) is 9.59 Å². The maximum atomic E-state index is 12.6. The number of carbonyl (C=O) groups is 1. The van der Waals surface area contributed by atoms with Crippen molar-refractivity contribution < 1.29 is 9.53 Å². The molecule has 148 valence electrons. The number of nitrogens with one attached hydrogen (secondary N) is 2. The highest BCUT2D eigenvalue weighted by molar-refractivity contribution is 7.99. The Balaban J connectivity index is 1.64. The number of hydrogen-bond acceptors (Lipinski definition) is 6. The summed E-state index contributed by atoms with van der Waals surface area (Å²) >= 11 is 2.89. The van der Waals surface area contributed by atoms with Gasteiger partial charge in [-0.2, -0.15) is 0 Å². The van der Waals surface area contributed by atoms with Crippen molar-refractivity contribution in [3.63, 3.8) is 0 Å². The Morgan fingerprint density at radius 3 is 2.86 bits per heavy atom. The Bertz CT molecular complexity index is 996. The van der Waals surface area contributed by atoms with Gasteiger partial charge >= 0.3 is 0 Å². The molecule has 0 radical (unpaired) electrons. The molecule has 0 unspecified atom stereocenters. The van der Waals surface area contributed by atoms with E-state index in [1.807, 2.05) is 36.6 Å². The van der Waals surface area contributed by atoms with E-state index in [0.717, 1.165) is 22.4 Å². The fourth-order valence-electron chi connectivity index (χ4n) is 2.74. The van der Waals surface area contributed by atoms with Crippen molar-refractivity contribution in [2.24, 2.45) is 0 Å². The number of hydrogen-bond donors (Lipinski definition) is 2. The van der Waals surface area contributed by atoms with E-state index in [0.29, 0.717) is 35.9 Å². The number of aryl methyl sites for hydroxylation is 1. The van der Waals surface area contributed by atoms with E-state index in [2.05, 4.69) is 15.3 Å². The van der Waals surface area contributed by atoms with E-state index in [4.69, 9.17) is 4.74 Å². The summed E-state index contributed by atoms with van der Waals surface area (Å²) in [5.41, 5.74) is 2.96. The van der Waals surface area contributed by atoms with Gasteiger partial charge in [-0.3, -0.25) is 9.59 Å². The van der Waals surface area contributed by atoms with E-state index in [-0.39, 0.29) is 11.5 Å². The Morgan fingerprint density at radius 1 is 1.32 bits per heavy atom. The maximum Gasteiger partial charge on any atom is 0.260 e. The SMILES string of the molecule is COCCCNC(=O)CSCc1nc2scc(-c3ccc(C)cc3)c2c(=O)[nH]1. The zero-order valence-corrected chi connectivity index (χ0v) is 17.5. The van der Waals surface area contributed by atoms with Gasteiger partial charge < -0.3 is 15.0 Å². The van der Waals surface area contributed by atoms with Crippen LogP contribution in [0.3, 0.4) is 0 Å². The van der Waals surface area contributed by atoms with Crippen molar-refractivity contribution in [2.45, 2.75) is 19.1 Å². The first-order valence-electron chi connectivity index (χ1n) is 8.99. The van der Waals surface area contributed by atoms with Crippen LogP contribution in [-0.2, 0) is 15.3 Å². The topological polar surface area (TPSA) is 84.1 Å². The molecule has 0 aliphatic carbocycles. The minimum absolute atomic E-state index is 0.0256. The van der Waals surface area contributed by atoms with E-state index in [1.54, 1.807) is 7.11 Å². The summed E-state index contributed by atoms with van der Waals surface area (Å²) in [5.74, 6) is 1.37. The molecule has 3 aromatic rings. The molecule has 8 heteroatoms. The van der Waals surface area contributed by atoms with Crippen LogP contribution in [0.25, 0.3) is 21.3 Å². The molecule has 28 heavy (non-hydrogen) atoms. The molecule has 0 saturated heterocycles. The lowest BCUT2D eigenvalue weighted by atomic mass is 10.1. The van der Waals surface area contributed by atoms with Crippen molar-refractivity contribution in [1.82, 2.24) is 15.3 Å². The number of nitrogens with zero attached hydrogens (tertiary/aromatic N) is 1. The number of ether oxygens (including phenoxy) is 1. The lowest BCUT2D eigenvalue weighted by Gasteiger charge is -2.05. The number of aromatic amines is 1. The van der Waals surface area contributed by atoms with Gasteiger partial charge in [-0.1, -0.05) is 29.8 Å². The number of rotatable bonds is 9. The van der Waals surface area contributed by atoms with Crippen LogP contribution < -0.4 is 10.9 Å². The second-order valence-electron chi connectivity index (χ2n) is 6.40. The van der Waals surface area contributed by atoms with Gasteiger partial charge in [0.2, 0.25) is 5.91 Å². The Labute approximate surface area is 171 Å². The minimum Gasteiger partial charge on any atom is -0.385 e. The summed E-state index contributed by atoms with van der Waals surface area (Å²) in [4.78, 5) is 32.6. The number of fused-ring (bicyclic) bond motifs is 1. The van der Waals surface area contributed by atoms with Gasteiger partial charge in [-0.25, -0.2) is 4.98 Å². The average molecular weight is 418 g/mol. The van der Waals surface area contributed by atoms with Gasteiger partial charge in [0.25, 0.3) is 5.56 Å². The Hall–Kier alpha value is -2.16. The number of benzene rings is 1.